The second-order valence-corrected chi connectivity index (χ2v) is 3.92. The highest BCUT2D eigenvalue weighted by Crippen LogP contribution is 2.15. The minimum absolute atomic E-state index is 0.222. The molecule has 14 heavy (non-hydrogen) atoms. The van der Waals surface area contributed by atoms with E-state index in [4.69, 9.17) is 9.47 Å². The molecule has 1 saturated heterocycles. The fourth-order valence-electron chi connectivity index (χ4n) is 1.33. The van der Waals surface area contributed by atoms with Crippen molar-refractivity contribution in [1.29, 1.82) is 0 Å². The molecule has 0 atom stereocenters. The maximum Gasteiger partial charge on any atom is 0.232 e. The minimum atomic E-state index is 0.222. The van der Waals surface area contributed by atoms with E-state index in [2.05, 4.69) is 25.9 Å². The summed E-state index contributed by atoms with van der Waals surface area (Å²) in [7, 11) is 0. The Bertz CT molecular complexity index is 285. The summed E-state index contributed by atoms with van der Waals surface area (Å²) in [6, 6.07) is 0. The first kappa shape index (κ1) is 9.86. The van der Waals surface area contributed by atoms with Crippen LogP contribution in [-0.4, -0.2) is 29.3 Å². The first-order valence-electron chi connectivity index (χ1n) is 4.56. The standard InChI is InChI=1S/C9H11BrN2O2/c10-8-5-12-9(6-11-8)14-7-1-3-13-4-2-7/h5-7H,1-4H2. The molecule has 2 heterocycles. The Morgan fingerprint density at radius 3 is 2.71 bits per heavy atom. The molecular weight excluding hydrogens is 248 g/mol. The fraction of sp³-hybridized carbons (Fsp3) is 0.556. The van der Waals surface area contributed by atoms with E-state index in [1.165, 1.54) is 0 Å². The molecule has 0 N–H and O–H groups in total. The molecule has 1 aliphatic rings. The molecule has 0 bridgehead atoms. The van der Waals surface area contributed by atoms with Crippen molar-refractivity contribution in [1.82, 2.24) is 9.97 Å². The molecule has 1 aromatic rings. The normalized spacial score (nSPS) is 18.1. The average Bonchev–Trinajstić information content (AvgIpc) is 2.23. The van der Waals surface area contributed by atoms with Gasteiger partial charge in [0.05, 0.1) is 25.6 Å². The summed E-state index contributed by atoms with van der Waals surface area (Å²) < 4.78 is 11.6. The topological polar surface area (TPSA) is 44.2 Å². The van der Waals surface area contributed by atoms with Gasteiger partial charge in [0.2, 0.25) is 5.88 Å². The van der Waals surface area contributed by atoms with E-state index in [-0.39, 0.29) is 6.10 Å². The molecular formula is C9H11BrN2O2. The first-order valence-corrected chi connectivity index (χ1v) is 5.36. The Morgan fingerprint density at radius 1 is 1.29 bits per heavy atom. The lowest BCUT2D eigenvalue weighted by molar-refractivity contribution is 0.0235. The maximum absolute atomic E-state index is 5.64. The van der Waals surface area contributed by atoms with Gasteiger partial charge in [0.25, 0.3) is 0 Å². The van der Waals surface area contributed by atoms with Gasteiger partial charge in [-0.05, 0) is 15.9 Å². The van der Waals surface area contributed by atoms with Gasteiger partial charge in [-0.15, -0.1) is 0 Å². The predicted octanol–water partition coefficient (Wildman–Crippen LogP) is 1.80. The Balaban J connectivity index is 1.92. The highest BCUT2D eigenvalue weighted by Gasteiger charge is 2.15. The Kier molecular flexibility index (Phi) is 3.31. The zero-order valence-electron chi connectivity index (χ0n) is 7.65. The van der Waals surface area contributed by atoms with Crippen LogP contribution in [-0.2, 0) is 4.74 Å². The second kappa shape index (κ2) is 4.70. The number of nitrogens with zero attached hydrogens (tertiary/aromatic N) is 2. The maximum atomic E-state index is 5.64. The lowest BCUT2D eigenvalue weighted by Gasteiger charge is -2.22. The fourth-order valence-corrected chi connectivity index (χ4v) is 1.53. The quantitative estimate of drug-likeness (QED) is 0.812. The SMILES string of the molecule is Brc1cnc(OC2CCOCC2)cn1. The molecule has 4 nitrogen and oxygen atoms in total. The van der Waals surface area contributed by atoms with Gasteiger partial charge in [-0.3, -0.25) is 0 Å². The van der Waals surface area contributed by atoms with E-state index in [0.29, 0.717) is 5.88 Å². The van der Waals surface area contributed by atoms with Gasteiger partial charge in [0.1, 0.15) is 10.7 Å². The summed E-state index contributed by atoms with van der Waals surface area (Å²) in [6.07, 6.45) is 5.34. The van der Waals surface area contributed by atoms with Crippen LogP contribution >= 0.6 is 15.9 Å². The molecule has 1 aromatic heterocycles. The van der Waals surface area contributed by atoms with Gasteiger partial charge in [0, 0.05) is 12.8 Å². The summed E-state index contributed by atoms with van der Waals surface area (Å²) in [5.74, 6) is 0.583. The number of aromatic nitrogens is 2. The molecule has 0 unspecified atom stereocenters. The van der Waals surface area contributed by atoms with Gasteiger partial charge in [-0.2, -0.15) is 0 Å². The van der Waals surface area contributed by atoms with Crippen LogP contribution < -0.4 is 4.74 Å². The predicted molar refractivity (Wildman–Crippen MR) is 54.2 cm³/mol. The summed E-state index contributed by atoms with van der Waals surface area (Å²) in [5, 5.41) is 0. The molecule has 76 valence electrons. The first-order chi connectivity index (χ1) is 6.84. The summed E-state index contributed by atoms with van der Waals surface area (Å²) in [4.78, 5) is 8.14. The molecule has 1 fully saturated rings. The number of hydrogen-bond acceptors (Lipinski definition) is 4. The van der Waals surface area contributed by atoms with Crippen LogP contribution in [0.3, 0.4) is 0 Å². The molecule has 0 spiro atoms. The van der Waals surface area contributed by atoms with Gasteiger partial charge < -0.3 is 9.47 Å². The van der Waals surface area contributed by atoms with Gasteiger partial charge >= 0.3 is 0 Å². The zero-order chi connectivity index (χ0) is 9.80. The highest BCUT2D eigenvalue weighted by molar-refractivity contribution is 9.10. The van der Waals surface area contributed by atoms with Crippen molar-refractivity contribution in [2.24, 2.45) is 0 Å². The second-order valence-electron chi connectivity index (χ2n) is 3.11. The number of ether oxygens (including phenoxy) is 2. The highest BCUT2D eigenvalue weighted by atomic mass is 79.9. The number of rotatable bonds is 2. The van der Waals surface area contributed by atoms with Crippen LogP contribution in [0.15, 0.2) is 17.0 Å². The van der Waals surface area contributed by atoms with Crippen molar-refractivity contribution < 1.29 is 9.47 Å². The third-order valence-corrected chi connectivity index (χ3v) is 2.46. The average molecular weight is 259 g/mol. The van der Waals surface area contributed by atoms with E-state index in [1.807, 2.05) is 0 Å². The summed E-state index contributed by atoms with van der Waals surface area (Å²) >= 11 is 3.22. The van der Waals surface area contributed by atoms with Crippen LogP contribution in [0, 0.1) is 0 Å². The van der Waals surface area contributed by atoms with Crippen molar-refractivity contribution in [3.05, 3.63) is 17.0 Å². The molecule has 0 amide bonds. The third kappa shape index (κ3) is 2.65. The summed E-state index contributed by atoms with van der Waals surface area (Å²) in [6.45, 7) is 1.54. The number of hydrogen-bond donors (Lipinski definition) is 0. The van der Waals surface area contributed by atoms with Gasteiger partial charge in [0.15, 0.2) is 0 Å². The molecule has 0 saturated carbocycles. The van der Waals surface area contributed by atoms with E-state index < -0.39 is 0 Å². The van der Waals surface area contributed by atoms with Crippen LogP contribution in [0.4, 0.5) is 0 Å². The molecule has 2 rings (SSSR count). The Morgan fingerprint density at radius 2 is 2.07 bits per heavy atom. The van der Waals surface area contributed by atoms with Crippen molar-refractivity contribution in [2.75, 3.05) is 13.2 Å². The van der Waals surface area contributed by atoms with Crippen molar-refractivity contribution in [3.8, 4) is 5.88 Å². The van der Waals surface area contributed by atoms with E-state index in [9.17, 15) is 0 Å². The summed E-state index contributed by atoms with van der Waals surface area (Å²) in [5.41, 5.74) is 0. The van der Waals surface area contributed by atoms with Crippen LogP contribution in [0.2, 0.25) is 0 Å². The van der Waals surface area contributed by atoms with Crippen LogP contribution in [0.5, 0.6) is 5.88 Å². The third-order valence-electron chi connectivity index (χ3n) is 2.05. The molecule has 5 heteroatoms. The van der Waals surface area contributed by atoms with Crippen molar-refractivity contribution in [2.45, 2.75) is 18.9 Å². The van der Waals surface area contributed by atoms with Crippen molar-refractivity contribution >= 4 is 15.9 Å². The molecule has 1 aliphatic heterocycles. The van der Waals surface area contributed by atoms with Gasteiger partial charge in [-0.25, -0.2) is 9.97 Å². The lowest BCUT2D eigenvalue weighted by atomic mass is 10.2. The lowest BCUT2D eigenvalue weighted by Crippen LogP contribution is -2.26. The largest absolute Gasteiger partial charge is 0.473 e. The van der Waals surface area contributed by atoms with Gasteiger partial charge in [-0.1, -0.05) is 0 Å². The number of halogens is 1. The monoisotopic (exact) mass is 258 g/mol. The van der Waals surface area contributed by atoms with E-state index in [1.54, 1.807) is 12.4 Å². The van der Waals surface area contributed by atoms with Crippen molar-refractivity contribution in [3.63, 3.8) is 0 Å². The Hall–Kier alpha value is -0.680. The van der Waals surface area contributed by atoms with Crippen LogP contribution in [0.25, 0.3) is 0 Å². The van der Waals surface area contributed by atoms with E-state index in [0.717, 1.165) is 30.7 Å². The van der Waals surface area contributed by atoms with E-state index >= 15 is 0 Å². The molecule has 0 radical (unpaired) electrons. The van der Waals surface area contributed by atoms with Crippen LogP contribution in [0.1, 0.15) is 12.8 Å². The Labute approximate surface area is 90.8 Å². The molecule has 0 aromatic carbocycles. The minimum Gasteiger partial charge on any atom is -0.473 e. The smallest absolute Gasteiger partial charge is 0.232 e. The zero-order valence-corrected chi connectivity index (χ0v) is 9.24. The molecule has 0 aliphatic carbocycles.